The van der Waals surface area contributed by atoms with Crippen LogP contribution in [0.1, 0.15) is 17.8 Å². The summed E-state index contributed by atoms with van der Waals surface area (Å²) in [6.07, 6.45) is -5.83. The number of pyridine rings is 2. The van der Waals surface area contributed by atoms with Crippen LogP contribution in [-0.4, -0.2) is 47.4 Å². The fourth-order valence-electron chi connectivity index (χ4n) is 3.89. The van der Waals surface area contributed by atoms with E-state index in [0.29, 0.717) is 22.8 Å². The van der Waals surface area contributed by atoms with Crippen molar-refractivity contribution in [3.63, 3.8) is 0 Å². The molecule has 38 heavy (non-hydrogen) atoms. The highest BCUT2D eigenvalue weighted by Gasteiger charge is 2.44. The average Bonchev–Trinajstić information content (AvgIpc) is 3.25. The number of halogens is 7. The Balaban J connectivity index is 1.52. The first-order valence-corrected chi connectivity index (χ1v) is 12.3. The molecule has 4 rings (SSSR count). The standard InChI is InChI=1S/C23H17F7N4O3S/c24-13-1-3-16(4-2-13)38(36,37)34-11-14(25)6-20(34)22(35)33-9-15-7-17(19(27)10-31-15)12-5-18(26)21(32-8-12)23(28,29)30/h1-5,7-8,10,14,20H,6,9,11H2,(H,33,35). The predicted molar refractivity (Wildman–Crippen MR) is 118 cm³/mol. The summed E-state index contributed by atoms with van der Waals surface area (Å²) < 4.78 is 120. The number of sulfonamides is 1. The van der Waals surface area contributed by atoms with Gasteiger partial charge in [0.05, 0.1) is 23.3 Å². The molecule has 2 atom stereocenters. The number of alkyl halides is 4. The van der Waals surface area contributed by atoms with E-state index in [9.17, 15) is 43.9 Å². The van der Waals surface area contributed by atoms with Crippen LogP contribution in [0.2, 0.25) is 0 Å². The summed E-state index contributed by atoms with van der Waals surface area (Å²) in [6, 6.07) is 3.81. The van der Waals surface area contributed by atoms with Crippen LogP contribution in [0.4, 0.5) is 30.7 Å². The summed E-state index contributed by atoms with van der Waals surface area (Å²) in [6.45, 7) is -1.01. The Kier molecular flexibility index (Phi) is 7.43. The summed E-state index contributed by atoms with van der Waals surface area (Å²) in [5, 5.41) is 2.37. The third kappa shape index (κ3) is 5.62. The van der Waals surface area contributed by atoms with Gasteiger partial charge in [-0.25, -0.2) is 31.0 Å². The van der Waals surface area contributed by atoms with Crippen molar-refractivity contribution in [2.75, 3.05) is 6.54 Å². The minimum Gasteiger partial charge on any atom is -0.349 e. The second-order valence-corrected chi connectivity index (χ2v) is 10.2. The molecule has 0 saturated carbocycles. The molecule has 1 aliphatic heterocycles. The molecule has 0 radical (unpaired) electrons. The molecule has 7 nitrogen and oxygen atoms in total. The van der Waals surface area contributed by atoms with Gasteiger partial charge < -0.3 is 5.32 Å². The minimum absolute atomic E-state index is 0.0159. The topological polar surface area (TPSA) is 92.3 Å². The van der Waals surface area contributed by atoms with Crippen LogP contribution >= 0.6 is 0 Å². The number of amides is 1. The van der Waals surface area contributed by atoms with Gasteiger partial charge in [0, 0.05) is 30.3 Å². The van der Waals surface area contributed by atoms with E-state index >= 15 is 0 Å². The first kappa shape index (κ1) is 27.4. The lowest BCUT2D eigenvalue weighted by Gasteiger charge is -2.23. The zero-order valence-corrected chi connectivity index (χ0v) is 19.8. The zero-order chi connectivity index (χ0) is 27.8. The molecule has 15 heteroatoms. The highest BCUT2D eigenvalue weighted by Crippen LogP contribution is 2.32. The number of nitrogens with zero attached hydrogens (tertiary/aromatic N) is 3. The number of carbonyl (C=O) groups excluding carboxylic acids is 1. The van der Waals surface area contributed by atoms with Crippen molar-refractivity contribution in [1.82, 2.24) is 19.6 Å². The number of hydrogen-bond donors (Lipinski definition) is 1. The second-order valence-electron chi connectivity index (χ2n) is 8.30. The molecule has 1 saturated heterocycles. The molecule has 0 aliphatic carbocycles. The first-order valence-electron chi connectivity index (χ1n) is 10.8. The van der Waals surface area contributed by atoms with Gasteiger partial charge in [-0.05, 0) is 36.4 Å². The van der Waals surface area contributed by atoms with Gasteiger partial charge in [-0.1, -0.05) is 0 Å². The number of rotatable bonds is 6. The predicted octanol–water partition coefficient (Wildman–Crippen LogP) is 4.00. The maximum absolute atomic E-state index is 14.3. The third-order valence-electron chi connectivity index (χ3n) is 5.70. The molecule has 3 aromatic rings. The Labute approximate surface area is 211 Å². The highest BCUT2D eigenvalue weighted by molar-refractivity contribution is 7.89. The number of nitrogens with one attached hydrogen (secondary N) is 1. The fraction of sp³-hybridized carbons (Fsp3) is 0.261. The van der Waals surface area contributed by atoms with E-state index in [0.717, 1.165) is 30.3 Å². The molecule has 1 fully saturated rings. The van der Waals surface area contributed by atoms with Crippen LogP contribution in [0.15, 0.2) is 53.7 Å². The van der Waals surface area contributed by atoms with E-state index in [2.05, 4.69) is 15.3 Å². The Morgan fingerprint density at radius 3 is 2.34 bits per heavy atom. The summed E-state index contributed by atoms with van der Waals surface area (Å²) in [7, 11) is -4.35. The van der Waals surface area contributed by atoms with Gasteiger partial charge in [0.25, 0.3) is 0 Å². The van der Waals surface area contributed by atoms with Crippen LogP contribution in [0.25, 0.3) is 11.1 Å². The van der Waals surface area contributed by atoms with E-state index in [1.54, 1.807) is 0 Å². The van der Waals surface area contributed by atoms with Crippen LogP contribution in [0.3, 0.4) is 0 Å². The molecular formula is C23H17F7N4O3S. The van der Waals surface area contributed by atoms with Gasteiger partial charge in [0.1, 0.15) is 23.8 Å². The average molecular weight is 562 g/mol. The molecule has 0 spiro atoms. The molecule has 1 amide bonds. The lowest BCUT2D eigenvalue weighted by atomic mass is 10.1. The summed E-state index contributed by atoms with van der Waals surface area (Å²) in [4.78, 5) is 19.2. The molecule has 2 unspecified atom stereocenters. The van der Waals surface area contributed by atoms with Gasteiger partial charge in [-0.15, -0.1) is 0 Å². The Morgan fingerprint density at radius 1 is 1.03 bits per heavy atom. The van der Waals surface area contributed by atoms with Gasteiger partial charge in [-0.2, -0.15) is 17.5 Å². The smallest absolute Gasteiger partial charge is 0.349 e. The van der Waals surface area contributed by atoms with E-state index in [4.69, 9.17) is 0 Å². The normalized spacial score (nSPS) is 18.5. The molecular weight excluding hydrogens is 545 g/mol. The Bertz CT molecular complexity index is 1470. The molecule has 2 aromatic heterocycles. The van der Waals surface area contributed by atoms with E-state index in [1.807, 2.05) is 0 Å². The van der Waals surface area contributed by atoms with E-state index < -0.39 is 77.0 Å². The van der Waals surface area contributed by atoms with Crippen molar-refractivity contribution in [3.05, 3.63) is 77.6 Å². The zero-order valence-electron chi connectivity index (χ0n) is 19.0. The number of hydrogen-bond acceptors (Lipinski definition) is 5. The van der Waals surface area contributed by atoms with Crippen molar-refractivity contribution in [1.29, 1.82) is 0 Å². The maximum Gasteiger partial charge on any atom is 0.436 e. The van der Waals surface area contributed by atoms with Crippen molar-refractivity contribution < 1.29 is 43.9 Å². The minimum atomic E-state index is -5.05. The Hall–Kier alpha value is -3.59. The monoisotopic (exact) mass is 562 g/mol. The SMILES string of the molecule is O=C(NCc1cc(-c2cnc(C(F)(F)F)c(F)c2)c(F)cn1)C1CC(F)CN1S(=O)(=O)c1ccc(F)cc1. The fourth-order valence-corrected chi connectivity index (χ4v) is 5.52. The molecule has 0 bridgehead atoms. The first-order chi connectivity index (χ1) is 17.8. The molecule has 1 N–H and O–H groups in total. The Morgan fingerprint density at radius 2 is 1.71 bits per heavy atom. The van der Waals surface area contributed by atoms with E-state index in [1.165, 1.54) is 0 Å². The second kappa shape index (κ2) is 10.3. The summed E-state index contributed by atoms with van der Waals surface area (Å²) in [5.74, 6) is -4.31. The highest BCUT2D eigenvalue weighted by atomic mass is 32.2. The van der Waals surface area contributed by atoms with Gasteiger partial charge in [0.15, 0.2) is 11.5 Å². The van der Waals surface area contributed by atoms with Crippen LogP contribution < -0.4 is 5.32 Å². The summed E-state index contributed by atoms with van der Waals surface area (Å²) in [5.41, 5.74) is -2.46. The van der Waals surface area contributed by atoms with Gasteiger partial charge in [0.2, 0.25) is 15.9 Å². The lowest BCUT2D eigenvalue weighted by molar-refractivity contribution is -0.143. The molecule has 202 valence electrons. The van der Waals surface area contributed by atoms with Gasteiger partial charge in [-0.3, -0.25) is 9.78 Å². The van der Waals surface area contributed by atoms with Crippen molar-refractivity contribution in [2.24, 2.45) is 0 Å². The third-order valence-corrected chi connectivity index (χ3v) is 7.59. The van der Waals surface area contributed by atoms with Crippen LogP contribution in [0.5, 0.6) is 0 Å². The largest absolute Gasteiger partial charge is 0.436 e. The quantitative estimate of drug-likeness (QED) is 0.459. The number of carbonyl (C=O) groups is 1. The molecule has 3 heterocycles. The van der Waals surface area contributed by atoms with E-state index in [-0.39, 0.29) is 21.7 Å². The number of benzene rings is 1. The van der Waals surface area contributed by atoms with Crippen molar-refractivity contribution in [2.45, 2.75) is 36.3 Å². The van der Waals surface area contributed by atoms with Crippen molar-refractivity contribution >= 4 is 15.9 Å². The molecule has 1 aliphatic rings. The van der Waals surface area contributed by atoms with Crippen LogP contribution in [-0.2, 0) is 27.5 Å². The molecule has 1 aromatic carbocycles. The van der Waals surface area contributed by atoms with Gasteiger partial charge >= 0.3 is 6.18 Å². The summed E-state index contributed by atoms with van der Waals surface area (Å²) >= 11 is 0. The van der Waals surface area contributed by atoms with Crippen molar-refractivity contribution in [3.8, 4) is 11.1 Å². The maximum atomic E-state index is 14.3. The lowest BCUT2D eigenvalue weighted by Crippen LogP contribution is -2.45. The van der Waals surface area contributed by atoms with Crippen LogP contribution in [0, 0.1) is 17.5 Å². The number of aromatic nitrogens is 2.